The first-order valence-corrected chi connectivity index (χ1v) is 7.66. The fourth-order valence-corrected chi connectivity index (χ4v) is 2.15. The molecule has 1 aromatic heterocycles. The number of aromatic nitrogens is 2. The second-order valence-corrected chi connectivity index (χ2v) is 6.31. The van der Waals surface area contributed by atoms with E-state index in [4.69, 9.17) is 0 Å². The maximum Gasteiger partial charge on any atom is 0.175 e. The van der Waals surface area contributed by atoms with Crippen LogP contribution in [0, 0.1) is 6.92 Å². The van der Waals surface area contributed by atoms with Gasteiger partial charge in [-0.3, -0.25) is 9.97 Å². The van der Waals surface area contributed by atoms with Crippen molar-refractivity contribution in [2.75, 3.05) is 11.6 Å². The van der Waals surface area contributed by atoms with E-state index in [-0.39, 0.29) is 0 Å². The Morgan fingerprint density at radius 3 is 2.32 bits per heavy atom. The predicted molar refractivity (Wildman–Crippen MR) is 73.6 cm³/mol. The number of benzene rings is 1. The standard InChI is InChI=1S/C13H15N3O2S/c1-10-7-15-12(8-14-10)9-16-11-3-5-13(6-4-11)19(2,17)18/h3-8,16H,9H2,1-2H3. The van der Waals surface area contributed by atoms with Crippen LogP contribution < -0.4 is 5.32 Å². The van der Waals surface area contributed by atoms with Crippen LogP contribution in [0.2, 0.25) is 0 Å². The molecule has 0 aliphatic carbocycles. The summed E-state index contributed by atoms with van der Waals surface area (Å²) < 4.78 is 22.6. The van der Waals surface area contributed by atoms with Gasteiger partial charge < -0.3 is 5.32 Å². The first-order chi connectivity index (χ1) is 8.95. The summed E-state index contributed by atoms with van der Waals surface area (Å²) in [5, 5.41) is 3.16. The van der Waals surface area contributed by atoms with E-state index >= 15 is 0 Å². The zero-order valence-electron chi connectivity index (χ0n) is 10.8. The van der Waals surface area contributed by atoms with Crippen molar-refractivity contribution in [2.24, 2.45) is 0 Å². The van der Waals surface area contributed by atoms with Gasteiger partial charge in [0.1, 0.15) is 0 Å². The highest BCUT2D eigenvalue weighted by atomic mass is 32.2. The van der Waals surface area contributed by atoms with Gasteiger partial charge in [0.2, 0.25) is 0 Å². The molecule has 100 valence electrons. The summed E-state index contributed by atoms with van der Waals surface area (Å²) in [6.45, 7) is 2.43. The van der Waals surface area contributed by atoms with E-state index < -0.39 is 9.84 Å². The Bertz CT molecular complexity index is 649. The van der Waals surface area contributed by atoms with E-state index in [0.717, 1.165) is 17.1 Å². The van der Waals surface area contributed by atoms with Crippen LogP contribution in [-0.4, -0.2) is 24.6 Å². The Morgan fingerprint density at radius 1 is 1.11 bits per heavy atom. The van der Waals surface area contributed by atoms with E-state index in [0.29, 0.717) is 11.4 Å². The van der Waals surface area contributed by atoms with Crippen molar-refractivity contribution >= 4 is 15.5 Å². The summed E-state index contributed by atoms with van der Waals surface area (Å²) in [6, 6.07) is 6.63. The molecule has 6 heteroatoms. The Kier molecular flexibility index (Phi) is 3.80. The number of hydrogen-bond donors (Lipinski definition) is 1. The molecule has 0 spiro atoms. The number of nitrogens with zero attached hydrogens (tertiary/aromatic N) is 2. The molecule has 1 aromatic carbocycles. The van der Waals surface area contributed by atoms with Crippen molar-refractivity contribution in [1.82, 2.24) is 9.97 Å². The van der Waals surface area contributed by atoms with Crippen molar-refractivity contribution < 1.29 is 8.42 Å². The molecule has 0 saturated carbocycles. The van der Waals surface area contributed by atoms with E-state index in [1.165, 1.54) is 6.26 Å². The summed E-state index contributed by atoms with van der Waals surface area (Å²) in [5.74, 6) is 0. The van der Waals surface area contributed by atoms with Crippen molar-refractivity contribution in [3.05, 3.63) is 48.0 Å². The van der Waals surface area contributed by atoms with Crippen LogP contribution in [0.4, 0.5) is 5.69 Å². The van der Waals surface area contributed by atoms with E-state index in [1.54, 1.807) is 36.7 Å². The van der Waals surface area contributed by atoms with Crippen molar-refractivity contribution in [3.63, 3.8) is 0 Å². The largest absolute Gasteiger partial charge is 0.379 e. The molecule has 0 bridgehead atoms. The van der Waals surface area contributed by atoms with Crippen LogP contribution in [-0.2, 0) is 16.4 Å². The first kappa shape index (κ1) is 13.5. The summed E-state index contributed by atoms with van der Waals surface area (Å²) in [7, 11) is -3.14. The van der Waals surface area contributed by atoms with Crippen LogP contribution in [0.15, 0.2) is 41.6 Å². The van der Waals surface area contributed by atoms with Crippen LogP contribution in [0.1, 0.15) is 11.4 Å². The fourth-order valence-electron chi connectivity index (χ4n) is 1.52. The highest BCUT2D eigenvalue weighted by molar-refractivity contribution is 7.90. The maximum atomic E-state index is 11.3. The number of hydrogen-bond acceptors (Lipinski definition) is 5. The smallest absolute Gasteiger partial charge is 0.175 e. The van der Waals surface area contributed by atoms with Gasteiger partial charge in [0, 0.05) is 18.1 Å². The lowest BCUT2D eigenvalue weighted by atomic mass is 10.3. The highest BCUT2D eigenvalue weighted by Gasteiger charge is 2.05. The van der Waals surface area contributed by atoms with Crippen LogP contribution >= 0.6 is 0 Å². The van der Waals surface area contributed by atoms with Gasteiger partial charge in [-0.05, 0) is 31.2 Å². The summed E-state index contributed by atoms with van der Waals surface area (Å²) >= 11 is 0. The van der Waals surface area contributed by atoms with Crippen molar-refractivity contribution in [2.45, 2.75) is 18.4 Å². The average molecular weight is 277 g/mol. The third-order valence-corrected chi connectivity index (χ3v) is 3.72. The van der Waals surface area contributed by atoms with Gasteiger partial charge in [0.25, 0.3) is 0 Å². The van der Waals surface area contributed by atoms with Crippen LogP contribution in [0.3, 0.4) is 0 Å². The van der Waals surface area contributed by atoms with Gasteiger partial charge >= 0.3 is 0 Å². The molecule has 0 aliphatic rings. The predicted octanol–water partition coefficient (Wildman–Crippen LogP) is 1.80. The van der Waals surface area contributed by atoms with Gasteiger partial charge in [-0.25, -0.2) is 8.42 Å². The molecule has 19 heavy (non-hydrogen) atoms. The molecule has 0 saturated heterocycles. The molecule has 0 atom stereocenters. The minimum Gasteiger partial charge on any atom is -0.379 e. The van der Waals surface area contributed by atoms with Crippen molar-refractivity contribution in [3.8, 4) is 0 Å². The molecule has 2 aromatic rings. The highest BCUT2D eigenvalue weighted by Crippen LogP contribution is 2.14. The molecule has 0 radical (unpaired) electrons. The number of sulfone groups is 1. The quantitative estimate of drug-likeness (QED) is 0.922. The lowest BCUT2D eigenvalue weighted by molar-refractivity contribution is 0.602. The Labute approximate surface area is 112 Å². The molecule has 0 aliphatic heterocycles. The number of anilines is 1. The van der Waals surface area contributed by atoms with Crippen LogP contribution in [0.25, 0.3) is 0 Å². The fraction of sp³-hybridized carbons (Fsp3) is 0.231. The molecule has 0 unspecified atom stereocenters. The molecule has 0 amide bonds. The molecule has 1 heterocycles. The third-order valence-electron chi connectivity index (χ3n) is 2.59. The van der Waals surface area contributed by atoms with Gasteiger partial charge in [-0.2, -0.15) is 0 Å². The van der Waals surface area contributed by atoms with Gasteiger partial charge in [-0.1, -0.05) is 0 Å². The minimum atomic E-state index is -3.14. The zero-order valence-corrected chi connectivity index (χ0v) is 11.6. The lowest BCUT2D eigenvalue weighted by Gasteiger charge is -2.06. The Balaban J connectivity index is 2.02. The summed E-state index contributed by atoms with van der Waals surface area (Å²) in [6.07, 6.45) is 4.62. The summed E-state index contributed by atoms with van der Waals surface area (Å²) in [5.41, 5.74) is 2.55. The Hall–Kier alpha value is -1.95. The average Bonchev–Trinajstić information content (AvgIpc) is 2.37. The number of rotatable bonds is 4. The zero-order chi connectivity index (χ0) is 13.9. The third kappa shape index (κ3) is 3.75. The minimum absolute atomic E-state index is 0.313. The van der Waals surface area contributed by atoms with Crippen LogP contribution in [0.5, 0.6) is 0 Å². The van der Waals surface area contributed by atoms with E-state index in [2.05, 4.69) is 15.3 Å². The van der Waals surface area contributed by atoms with Crippen molar-refractivity contribution in [1.29, 1.82) is 0 Å². The number of aryl methyl sites for hydroxylation is 1. The molecule has 0 fully saturated rings. The maximum absolute atomic E-state index is 11.3. The second-order valence-electron chi connectivity index (χ2n) is 4.30. The van der Waals surface area contributed by atoms with Gasteiger partial charge in [-0.15, -0.1) is 0 Å². The SMILES string of the molecule is Cc1cnc(CNc2ccc(S(C)(=O)=O)cc2)cn1. The molecular weight excluding hydrogens is 262 g/mol. The molecule has 1 N–H and O–H groups in total. The van der Waals surface area contributed by atoms with E-state index in [9.17, 15) is 8.42 Å². The molecular formula is C13H15N3O2S. The van der Waals surface area contributed by atoms with E-state index in [1.807, 2.05) is 6.92 Å². The lowest BCUT2D eigenvalue weighted by Crippen LogP contribution is -2.03. The first-order valence-electron chi connectivity index (χ1n) is 5.77. The monoisotopic (exact) mass is 277 g/mol. The normalized spacial score (nSPS) is 11.3. The second kappa shape index (κ2) is 5.36. The molecule has 5 nitrogen and oxygen atoms in total. The topological polar surface area (TPSA) is 72.0 Å². The van der Waals surface area contributed by atoms with Gasteiger partial charge in [0.05, 0.1) is 29.0 Å². The number of nitrogens with one attached hydrogen (secondary N) is 1. The Morgan fingerprint density at radius 2 is 1.79 bits per heavy atom. The van der Waals surface area contributed by atoms with Gasteiger partial charge in [0.15, 0.2) is 9.84 Å². The molecule has 2 rings (SSSR count). The summed E-state index contributed by atoms with van der Waals surface area (Å²) in [4.78, 5) is 8.70.